The van der Waals surface area contributed by atoms with Crippen molar-refractivity contribution in [3.8, 4) is 0 Å². The summed E-state index contributed by atoms with van der Waals surface area (Å²) in [6.45, 7) is 2.03. The van der Waals surface area contributed by atoms with Gasteiger partial charge in [-0.15, -0.1) is 0 Å². The molecule has 0 bridgehead atoms. The third-order valence-electron chi connectivity index (χ3n) is 3.14. The van der Waals surface area contributed by atoms with Gasteiger partial charge in [0.15, 0.2) is 0 Å². The molecule has 1 amide bonds. The van der Waals surface area contributed by atoms with Crippen molar-refractivity contribution < 1.29 is 13.2 Å². The molecule has 132 valence electrons. The Bertz CT molecular complexity index is 895. The van der Waals surface area contributed by atoms with Crippen LogP contribution in [0.25, 0.3) is 6.08 Å². The van der Waals surface area contributed by atoms with Crippen LogP contribution in [0.1, 0.15) is 12.5 Å². The van der Waals surface area contributed by atoms with E-state index in [1.807, 2.05) is 0 Å². The van der Waals surface area contributed by atoms with Gasteiger partial charge in [-0.05, 0) is 42.0 Å². The third-order valence-corrected chi connectivity index (χ3v) is 5.44. The molecule has 2 aromatic carbocycles. The summed E-state index contributed by atoms with van der Waals surface area (Å²) >= 11 is 11.7. The summed E-state index contributed by atoms with van der Waals surface area (Å²) in [5.41, 5.74) is 1.22. The van der Waals surface area contributed by atoms with Crippen LogP contribution in [0, 0.1) is 0 Å². The highest BCUT2D eigenvalue weighted by Crippen LogP contribution is 2.25. The van der Waals surface area contributed by atoms with Crippen LogP contribution < -0.4 is 10.0 Å². The van der Waals surface area contributed by atoms with Crippen molar-refractivity contribution in [3.05, 3.63) is 64.1 Å². The fourth-order valence-corrected chi connectivity index (χ4v) is 3.30. The van der Waals surface area contributed by atoms with E-state index in [-0.39, 0.29) is 10.8 Å². The number of carbonyl (C=O) groups is 1. The van der Waals surface area contributed by atoms with Gasteiger partial charge in [0.2, 0.25) is 15.9 Å². The van der Waals surface area contributed by atoms with Gasteiger partial charge in [0.05, 0.1) is 14.9 Å². The lowest BCUT2D eigenvalue weighted by Crippen LogP contribution is -2.22. The highest BCUT2D eigenvalue weighted by molar-refractivity contribution is 7.89. The summed E-state index contributed by atoms with van der Waals surface area (Å²) < 4.78 is 26.1. The average molecular weight is 399 g/mol. The molecule has 0 aliphatic carbocycles. The summed E-state index contributed by atoms with van der Waals surface area (Å²) in [5, 5.41) is 3.41. The molecule has 8 heteroatoms. The Hall–Kier alpha value is -1.86. The van der Waals surface area contributed by atoms with Crippen LogP contribution >= 0.6 is 23.2 Å². The van der Waals surface area contributed by atoms with Gasteiger partial charge in [-0.2, -0.15) is 0 Å². The largest absolute Gasteiger partial charge is 0.322 e. The molecule has 0 aliphatic rings. The van der Waals surface area contributed by atoms with E-state index >= 15 is 0 Å². The lowest BCUT2D eigenvalue weighted by atomic mass is 10.2. The minimum absolute atomic E-state index is 0.173. The van der Waals surface area contributed by atoms with Crippen molar-refractivity contribution >= 4 is 50.9 Å². The van der Waals surface area contributed by atoms with E-state index in [1.165, 1.54) is 18.2 Å². The minimum atomic E-state index is -3.48. The van der Waals surface area contributed by atoms with Gasteiger partial charge in [-0.3, -0.25) is 4.79 Å². The van der Waals surface area contributed by atoms with Gasteiger partial charge in [-0.25, -0.2) is 13.1 Å². The monoisotopic (exact) mass is 398 g/mol. The zero-order chi connectivity index (χ0) is 18.4. The van der Waals surface area contributed by atoms with Crippen molar-refractivity contribution in [1.82, 2.24) is 4.72 Å². The molecular weight excluding hydrogens is 383 g/mol. The molecule has 0 radical (unpaired) electrons. The fourth-order valence-electron chi connectivity index (χ4n) is 1.96. The first-order valence-electron chi connectivity index (χ1n) is 7.35. The molecule has 0 aromatic heterocycles. The Morgan fingerprint density at radius 2 is 1.76 bits per heavy atom. The molecule has 2 rings (SSSR count). The first-order chi connectivity index (χ1) is 11.8. The lowest BCUT2D eigenvalue weighted by Gasteiger charge is -2.05. The summed E-state index contributed by atoms with van der Waals surface area (Å²) in [6, 6.07) is 11.0. The maximum atomic E-state index is 11.9. The van der Waals surface area contributed by atoms with Crippen LogP contribution in [0.15, 0.2) is 53.4 Å². The van der Waals surface area contributed by atoms with E-state index in [4.69, 9.17) is 23.2 Å². The predicted molar refractivity (Wildman–Crippen MR) is 101 cm³/mol. The van der Waals surface area contributed by atoms with Crippen molar-refractivity contribution in [2.45, 2.75) is 11.8 Å². The molecule has 0 heterocycles. The Balaban J connectivity index is 2.03. The number of carbonyl (C=O) groups excluding carboxylic acids is 1. The maximum Gasteiger partial charge on any atom is 0.248 e. The summed E-state index contributed by atoms with van der Waals surface area (Å²) in [4.78, 5) is 12.1. The molecule has 2 N–H and O–H groups in total. The zero-order valence-corrected chi connectivity index (χ0v) is 15.6. The van der Waals surface area contributed by atoms with Crippen LogP contribution in [-0.2, 0) is 14.8 Å². The van der Waals surface area contributed by atoms with Crippen molar-refractivity contribution in [3.63, 3.8) is 0 Å². The first kappa shape index (κ1) is 19.5. The van der Waals surface area contributed by atoms with Gasteiger partial charge in [0, 0.05) is 18.3 Å². The molecule has 0 saturated heterocycles. The second-order valence-corrected chi connectivity index (χ2v) is 7.60. The Kier molecular flexibility index (Phi) is 6.61. The number of rotatable bonds is 6. The molecule has 0 spiro atoms. The van der Waals surface area contributed by atoms with Crippen molar-refractivity contribution in [2.24, 2.45) is 0 Å². The van der Waals surface area contributed by atoms with Gasteiger partial charge >= 0.3 is 0 Å². The van der Waals surface area contributed by atoms with E-state index in [1.54, 1.807) is 43.3 Å². The topological polar surface area (TPSA) is 75.3 Å². The first-order valence-corrected chi connectivity index (χ1v) is 9.59. The Labute approximate surface area is 156 Å². The molecule has 2 aromatic rings. The van der Waals surface area contributed by atoms with Crippen LogP contribution in [0.4, 0.5) is 5.69 Å². The predicted octanol–water partition coefficient (Wildman–Crippen LogP) is 3.94. The number of nitrogens with one attached hydrogen (secondary N) is 2. The lowest BCUT2D eigenvalue weighted by molar-refractivity contribution is -0.111. The van der Waals surface area contributed by atoms with Crippen LogP contribution in [-0.4, -0.2) is 20.9 Å². The standard InChI is InChI=1S/C17H16Cl2N2O3S/c1-2-20-25(23,24)14-7-3-12(4-8-14)5-10-17(22)21-13-6-9-15(18)16(19)11-13/h3-11,20H,2H2,1H3,(H,21,22)/b10-5+. The van der Waals surface area contributed by atoms with E-state index < -0.39 is 10.0 Å². The second-order valence-electron chi connectivity index (χ2n) is 5.02. The van der Waals surface area contributed by atoms with E-state index in [0.29, 0.717) is 27.8 Å². The van der Waals surface area contributed by atoms with E-state index in [0.717, 1.165) is 0 Å². The summed E-state index contributed by atoms with van der Waals surface area (Å²) in [6.07, 6.45) is 2.92. The highest BCUT2D eigenvalue weighted by atomic mass is 35.5. The quantitative estimate of drug-likeness (QED) is 0.723. The third kappa shape index (κ3) is 5.57. The molecule has 0 aliphatic heterocycles. The number of benzene rings is 2. The molecule has 5 nitrogen and oxygen atoms in total. The Morgan fingerprint density at radius 1 is 1.08 bits per heavy atom. The van der Waals surface area contributed by atoms with Gasteiger partial charge in [0.25, 0.3) is 0 Å². The number of anilines is 1. The smallest absolute Gasteiger partial charge is 0.248 e. The number of sulfonamides is 1. The maximum absolute atomic E-state index is 11.9. The second kappa shape index (κ2) is 8.49. The van der Waals surface area contributed by atoms with Crippen LogP contribution in [0.3, 0.4) is 0 Å². The highest BCUT2D eigenvalue weighted by Gasteiger charge is 2.11. The van der Waals surface area contributed by atoms with Gasteiger partial charge in [-0.1, -0.05) is 42.3 Å². The van der Waals surface area contributed by atoms with Gasteiger partial charge in [0.1, 0.15) is 0 Å². The number of amides is 1. The molecule has 0 saturated carbocycles. The van der Waals surface area contributed by atoms with E-state index in [9.17, 15) is 13.2 Å². The minimum Gasteiger partial charge on any atom is -0.322 e. The number of halogens is 2. The number of hydrogen-bond donors (Lipinski definition) is 2. The summed E-state index contributed by atoms with van der Waals surface area (Å²) in [7, 11) is -3.48. The molecule has 0 unspecified atom stereocenters. The average Bonchev–Trinajstić information content (AvgIpc) is 2.57. The van der Waals surface area contributed by atoms with Crippen LogP contribution in [0.2, 0.25) is 10.0 Å². The molecular formula is C17H16Cl2N2O3S. The van der Waals surface area contributed by atoms with E-state index in [2.05, 4.69) is 10.0 Å². The fraction of sp³-hybridized carbons (Fsp3) is 0.118. The normalized spacial score (nSPS) is 11.6. The zero-order valence-electron chi connectivity index (χ0n) is 13.3. The SMILES string of the molecule is CCNS(=O)(=O)c1ccc(/C=C/C(=O)Nc2ccc(Cl)c(Cl)c2)cc1. The summed E-state index contributed by atoms with van der Waals surface area (Å²) in [5.74, 6) is -0.345. The Morgan fingerprint density at radius 3 is 2.36 bits per heavy atom. The van der Waals surface area contributed by atoms with Crippen molar-refractivity contribution in [2.75, 3.05) is 11.9 Å². The number of hydrogen-bond acceptors (Lipinski definition) is 3. The van der Waals surface area contributed by atoms with Gasteiger partial charge < -0.3 is 5.32 Å². The molecule has 0 atom stereocenters. The molecule has 0 fully saturated rings. The van der Waals surface area contributed by atoms with Crippen molar-refractivity contribution in [1.29, 1.82) is 0 Å². The van der Waals surface area contributed by atoms with Crippen LogP contribution in [0.5, 0.6) is 0 Å². The molecule has 25 heavy (non-hydrogen) atoms.